The van der Waals surface area contributed by atoms with Crippen molar-refractivity contribution in [2.24, 2.45) is 5.14 Å². The zero-order chi connectivity index (χ0) is 32.0. The molecule has 42 heavy (non-hydrogen) atoms. The fourth-order valence-electron chi connectivity index (χ4n) is 2.36. The topological polar surface area (TPSA) is 218 Å². The summed E-state index contributed by atoms with van der Waals surface area (Å²) in [6.07, 6.45) is 5.41. The Kier molecular flexibility index (Phi) is 14.4. The highest BCUT2D eigenvalue weighted by atomic mass is 35.7. The van der Waals surface area contributed by atoms with Crippen LogP contribution in [0.5, 0.6) is 0 Å². The average Bonchev–Trinajstić information content (AvgIpc) is 3.70. The second-order valence-electron chi connectivity index (χ2n) is 7.83. The number of hydrogen-bond donors (Lipinski definition) is 1. The van der Waals surface area contributed by atoms with Gasteiger partial charge in [0.1, 0.15) is 23.0 Å². The van der Waals surface area contributed by atoms with Crippen molar-refractivity contribution in [2.75, 3.05) is 0 Å². The lowest BCUT2D eigenvalue weighted by molar-refractivity contribution is -0.377. The van der Waals surface area contributed by atoms with Crippen LogP contribution in [0.4, 0.5) is 0 Å². The summed E-state index contributed by atoms with van der Waals surface area (Å²) in [6, 6.07) is 17.9. The van der Waals surface area contributed by atoms with Gasteiger partial charge in [0.05, 0.1) is 6.26 Å². The van der Waals surface area contributed by atoms with Crippen LogP contribution in [0.3, 0.4) is 0 Å². The molecular weight excluding hydrogens is 636 g/mol. The van der Waals surface area contributed by atoms with Crippen molar-refractivity contribution in [3.05, 3.63) is 108 Å². The molecule has 17 heteroatoms. The Bertz CT molecular complexity index is 1600. The van der Waals surface area contributed by atoms with Crippen molar-refractivity contribution in [1.82, 2.24) is 0 Å². The second kappa shape index (κ2) is 16.7. The number of hydrogen-bond acceptors (Lipinski definition) is 11. The molecule has 3 N–H and O–H groups in total. The van der Waals surface area contributed by atoms with Crippen LogP contribution in [0.1, 0.15) is 23.0 Å². The van der Waals surface area contributed by atoms with Crippen LogP contribution in [0.2, 0.25) is 0 Å². The fourth-order valence-corrected chi connectivity index (χ4v) is 4.04. The third-order valence-electron chi connectivity index (χ3n) is 4.18. The van der Waals surface area contributed by atoms with E-state index in [2.05, 4.69) is 9.40 Å². The first-order chi connectivity index (χ1) is 19.4. The maximum absolute atomic E-state index is 10.5. The predicted molar refractivity (Wildman–Crippen MR) is 149 cm³/mol. The van der Waals surface area contributed by atoms with Crippen LogP contribution in [0.25, 0.3) is 0 Å². The number of furan rings is 4. The molecule has 0 aliphatic heterocycles. The van der Waals surface area contributed by atoms with E-state index in [0.717, 1.165) is 11.8 Å². The van der Waals surface area contributed by atoms with E-state index < -0.39 is 34.3 Å². The van der Waals surface area contributed by atoms with Gasteiger partial charge < -0.3 is 22.2 Å². The molecule has 0 spiro atoms. The Hall–Kier alpha value is -3.67. The van der Waals surface area contributed by atoms with Gasteiger partial charge in [-0.15, -0.1) is 0 Å². The molecule has 5 heterocycles. The number of H-pyrrole nitrogens is 1. The van der Waals surface area contributed by atoms with Crippen molar-refractivity contribution in [1.29, 1.82) is 0 Å². The standard InChI is InChI=1S/C5H5ClO3S.C5H7NO3S.C5H5N.C5H6O4S.C5H6O/c2*1-4-2-3-5(9-4)10(6,7)8;1-2-4-6-5-3-1;1-4-2-3-5(9-4)10(6,7)8;1-5-3-2-4-6-5/h2-3H,1H3;2-3H,1H3,(H2,6,7,8);1-5H;2-3H,1H3,(H,6,7,8);2-4H,1H3. The van der Waals surface area contributed by atoms with Crippen LogP contribution < -0.4 is 10.1 Å². The van der Waals surface area contributed by atoms with Gasteiger partial charge in [0.25, 0.3) is 19.1 Å². The molecule has 0 radical (unpaired) electrons. The monoisotopic (exact) mass is 664 g/mol. The van der Waals surface area contributed by atoms with Gasteiger partial charge in [-0.05, 0) is 76.2 Å². The SMILES string of the molecule is Cc1ccc(S(=O)(=O)Cl)o1.Cc1ccc(S(=O)(=O)[O-])o1.Cc1ccc(S(N)(=O)=O)o1.Cc1ccco1.c1cc[nH+]cc1. The largest absolute Gasteiger partial charge is 0.742 e. The summed E-state index contributed by atoms with van der Waals surface area (Å²) >= 11 is 0. The number of aromatic nitrogens is 1. The van der Waals surface area contributed by atoms with Gasteiger partial charge in [-0.1, -0.05) is 6.07 Å². The Morgan fingerprint density at radius 1 is 0.643 bits per heavy atom. The summed E-state index contributed by atoms with van der Waals surface area (Å²) in [5.41, 5.74) is 0. The molecule has 0 unspecified atom stereocenters. The third kappa shape index (κ3) is 15.4. The number of sulfonamides is 1. The lowest BCUT2D eigenvalue weighted by Gasteiger charge is -1.99. The van der Waals surface area contributed by atoms with E-state index >= 15 is 0 Å². The number of primary sulfonamides is 1. The van der Waals surface area contributed by atoms with E-state index in [1.165, 1.54) is 24.3 Å². The van der Waals surface area contributed by atoms with Gasteiger partial charge >= 0.3 is 0 Å². The highest BCUT2D eigenvalue weighted by Gasteiger charge is 2.13. The van der Waals surface area contributed by atoms with Crippen LogP contribution in [-0.2, 0) is 29.2 Å². The zero-order valence-electron chi connectivity index (χ0n) is 22.8. The minimum atomic E-state index is -4.40. The van der Waals surface area contributed by atoms with Gasteiger partial charge in [0.15, 0.2) is 22.5 Å². The number of halogens is 1. The molecule has 0 saturated carbocycles. The van der Waals surface area contributed by atoms with Crippen LogP contribution in [-0.4, -0.2) is 29.8 Å². The van der Waals surface area contributed by atoms with Crippen molar-refractivity contribution >= 4 is 39.9 Å². The van der Waals surface area contributed by atoms with Gasteiger partial charge in [-0.2, -0.15) is 0 Å². The number of nitrogens with one attached hydrogen (secondary N) is 1. The van der Waals surface area contributed by atoms with E-state index in [9.17, 15) is 29.8 Å². The van der Waals surface area contributed by atoms with E-state index in [0.29, 0.717) is 17.3 Å². The van der Waals surface area contributed by atoms with E-state index in [1.54, 1.807) is 33.1 Å². The van der Waals surface area contributed by atoms with E-state index in [4.69, 9.17) is 29.1 Å². The molecule has 0 aliphatic rings. The Labute approximate surface area is 248 Å². The summed E-state index contributed by atoms with van der Waals surface area (Å²) < 4.78 is 91.5. The summed E-state index contributed by atoms with van der Waals surface area (Å²) in [5.74, 6) is 2.44. The molecule has 230 valence electrons. The van der Waals surface area contributed by atoms with E-state index in [-0.39, 0.29) is 10.2 Å². The summed E-state index contributed by atoms with van der Waals surface area (Å²) in [4.78, 5) is 2.89. The molecule has 0 amide bonds. The summed E-state index contributed by atoms with van der Waals surface area (Å²) in [6.45, 7) is 6.77. The second-order valence-corrected chi connectivity index (χ2v) is 13.1. The van der Waals surface area contributed by atoms with Gasteiger partial charge in [0.2, 0.25) is 15.3 Å². The van der Waals surface area contributed by atoms with Crippen molar-refractivity contribution in [3.63, 3.8) is 0 Å². The minimum Gasteiger partial charge on any atom is -0.742 e. The van der Waals surface area contributed by atoms with Crippen LogP contribution >= 0.6 is 10.7 Å². The number of rotatable bonds is 3. The minimum absolute atomic E-state index is 0.190. The maximum atomic E-state index is 10.5. The highest BCUT2D eigenvalue weighted by molar-refractivity contribution is 8.13. The molecular formula is C25H29ClN2O11S3. The molecule has 5 aromatic rings. The molecule has 0 atom stereocenters. The first-order valence-electron chi connectivity index (χ1n) is 11.4. The lowest BCUT2D eigenvalue weighted by atomic mass is 10.5. The predicted octanol–water partition coefficient (Wildman–Crippen LogP) is 4.33. The molecule has 13 nitrogen and oxygen atoms in total. The Morgan fingerprint density at radius 2 is 1.10 bits per heavy atom. The number of aryl methyl sites for hydroxylation is 4. The Balaban J connectivity index is 0.000000267. The smallest absolute Gasteiger partial charge is 0.294 e. The van der Waals surface area contributed by atoms with E-state index in [1.807, 2.05) is 49.6 Å². The molecule has 0 bridgehead atoms. The molecule has 5 rings (SSSR count). The normalized spacial score (nSPS) is 10.8. The lowest BCUT2D eigenvalue weighted by Crippen LogP contribution is -2.10. The highest BCUT2D eigenvalue weighted by Crippen LogP contribution is 2.17. The number of nitrogens with two attached hydrogens (primary N) is 1. The first kappa shape index (κ1) is 36.4. The van der Waals surface area contributed by atoms with Gasteiger partial charge in [-0.25, -0.2) is 35.4 Å². The van der Waals surface area contributed by atoms with Crippen molar-refractivity contribution < 1.29 is 52.5 Å². The fraction of sp³-hybridized carbons (Fsp3) is 0.160. The molecule has 0 saturated heterocycles. The maximum Gasteiger partial charge on any atom is 0.294 e. The molecule has 0 aromatic carbocycles. The zero-order valence-corrected chi connectivity index (χ0v) is 26.0. The average molecular weight is 665 g/mol. The molecule has 0 fully saturated rings. The summed E-state index contributed by atoms with van der Waals surface area (Å²) in [5, 5.41) is 3.83. The van der Waals surface area contributed by atoms with Crippen molar-refractivity contribution in [2.45, 2.75) is 43.0 Å². The van der Waals surface area contributed by atoms with Gasteiger partial charge in [0, 0.05) is 22.8 Å². The van der Waals surface area contributed by atoms with Crippen LogP contribution in [0.15, 0.2) is 118 Å². The van der Waals surface area contributed by atoms with Gasteiger partial charge in [-0.3, -0.25) is 0 Å². The number of pyridine rings is 1. The molecule has 5 aromatic heterocycles. The van der Waals surface area contributed by atoms with Crippen molar-refractivity contribution in [3.8, 4) is 0 Å². The Morgan fingerprint density at radius 3 is 1.24 bits per heavy atom. The first-order valence-corrected chi connectivity index (χ1v) is 16.7. The number of aromatic amines is 1. The summed E-state index contributed by atoms with van der Waals surface area (Å²) in [7, 11) is -6.77. The quantitative estimate of drug-likeness (QED) is 0.211. The van der Waals surface area contributed by atoms with Crippen LogP contribution in [0, 0.1) is 27.7 Å². The molecule has 0 aliphatic carbocycles. The third-order valence-corrected chi connectivity index (χ3v) is 6.83.